The van der Waals surface area contributed by atoms with Crippen LogP contribution in [0.2, 0.25) is 5.02 Å². The Kier molecular flexibility index (Phi) is 3.14. The van der Waals surface area contributed by atoms with Gasteiger partial charge >= 0.3 is 0 Å². The molecule has 0 atom stereocenters. The van der Waals surface area contributed by atoms with Crippen molar-refractivity contribution in [3.8, 4) is 0 Å². The van der Waals surface area contributed by atoms with Crippen LogP contribution in [0, 0.1) is 5.41 Å². The third-order valence-corrected chi connectivity index (χ3v) is 2.98. The number of hydrogen-bond donors (Lipinski definition) is 2. The SMILES string of the molecule is NCC1(C(=O)Nc2ccc(Cl)cc2)COC1. The summed E-state index contributed by atoms with van der Waals surface area (Å²) in [6.07, 6.45) is 0. The van der Waals surface area contributed by atoms with Crippen molar-refractivity contribution in [2.75, 3.05) is 25.1 Å². The highest BCUT2D eigenvalue weighted by Crippen LogP contribution is 2.28. The number of hydrogen-bond acceptors (Lipinski definition) is 3. The first-order valence-electron chi connectivity index (χ1n) is 5.01. The highest BCUT2D eigenvalue weighted by atomic mass is 35.5. The number of nitrogens with two attached hydrogens (primary N) is 1. The second-order valence-corrected chi connectivity index (χ2v) is 4.37. The van der Waals surface area contributed by atoms with E-state index in [0.29, 0.717) is 30.5 Å². The summed E-state index contributed by atoms with van der Waals surface area (Å²) < 4.78 is 5.05. The average Bonchev–Trinajstić information content (AvgIpc) is 2.21. The summed E-state index contributed by atoms with van der Waals surface area (Å²) in [6.45, 7) is 1.08. The Morgan fingerprint density at radius 1 is 1.44 bits per heavy atom. The van der Waals surface area contributed by atoms with Crippen LogP contribution < -0.4 is 11.1 Å². The molecule has 5 heteroatoms. The molecule has 0 saturated carbocycles. The molecule has 1 saturated heterocycles. The van der Waals surface area contributed by atoms with Gasteiger partial charge in [0.2, 0.25) is 5.91 Å². The molecule has 0 bridgehead atoms. The van der Waals surface area contributed by atoms with Crippen LogP contribution in [0.25, 0.3) is 0 Å². The predicted molar refractivity (Wildman–Crippen MR) is 62.4 cm³/mol. The summed E-state index contributed by atoms with van der Waals surface area (Å²) in [5, 5.41) is 3.44. The summed E-state index contributed by atoms with van der Waals surface area (Å²) in [6, 6.07) is 6.96. The third-order valence-electron chi connectivity index (χ3n) is 2.73. The zero-order chi connectivity index (χ0) is 11.6. The van der Waals surface area contributed by atoms with Gasteiger partial charge in [0.1, 0.15) is 5.41 Å². The minimum Gasteiger partial charge on any atom is -0.379 e. The van der Waals surface area contributed by atoms with Gasteiger partial charge in [0.15, 0.2) is 0 Å². The number of amides is 1. The van der Waals surface area contributed by atoms with E-state index in [4.69, 9.17) is 22.1 Å². The lowest BCUT2D eigenvalue weighted by Gasteiger charge is -2.38. The Labute approximate surface area is 98.7 Å². The van der Waals surface area contributed by atoms with Crippen molar-refractivity contribution >= 4 is 23.2 Å². The number of halogens is 1. The minimum atomic E-state index is -0.556. The lowest BCUT2D eigenvalue weighted by Crippen LogP contribution is -2.56. The quantitative estimate of drug-likeness (QED) is 0.836. The molecule has 0 aromatic heterocycles. The molecule has 16 heavy (non-hydrogen) atoms. The van der Waals surface area contributed by atoms with Crippen molar-refractivity contribution < 1.29 is 9.53 Å². The normalized spacial score (nSPS) is 17.6. The fourth-order valence-electron chi connectivity index (χ4n) is 1.49. The van der Waals surface area contributed by atoms with E-state index in [1.54, 1.807) is 24.3 Å². The molecule has 3 N–H and O–H groups in total. The second kappa shape index (κ2) is 4.41. The van der Waals surface area contributed by atoms with Crippen LogP contribution in [-0.2, 0) is 9.53 Å². The van der Waals surface area contributed by atoms with E-state index < -0.39 is 5.41 Å². The molecule has 1 amide bonds. The van der Waals surface area contributed by atoms with E-state index in [9.17, 15) is 4.79 Å². The van der Waals surface area contributed by atoms with E-state index >= 15 is 0 Å². The average molecular weight is 241 g/mol. The summed E-state index contributed by atoms with van der Waals surface area (Å²) in [7, 11) is 0. The van der Waals surface area contributed by atoms with Gasteiger partial charge in [0.25, 0.3) is 0 Å². The summed E-state index contributed by atoms with van der Waals surface area (Å²) in [5.41, 5.74) is 5.75. The molecule has 0 aliphatic carbocycles. The smallest absolute Gasteiger partial charge is 0.236 e. The van der Waals surface area contributed by atoms with E-state index in [1.165, 1.54) is 0 Å². The Morgan fingerprint density at radius 2 is 2.06 bits per heavy atom. The van der Waals surface area contributed by atoms with Gasteiger partial charge in [-0.3, -0.25) is 4.79 Å². The fraction of sp³-hybridized carbons (Fsp3) is 0.364. The molecule has 2 rings (SSSR count). The van der Waals surface area contributed by atoms with Crippen LogP contribution in [-0.4, -0.2) is 25.7 Å². The van der Waals surface area contributed by atoms with Gasteiger partial charge in [-0.05, 0) is 24.3 Å². The highest BCUT2D eigenvalue weighted by molar-refractivity contribution is 6.30. The molecule has 0 radical (unpaired) electrons. The topological polar surface area (TPSA) is 64.4 Å². The molecular weight excluding hydrogens is 228 g/mol. The highest BCUT2D eigenvalue weighted by Gasteiger charge is 2.44. The van der Waals surface area contributed by atoms with Gasteiger partial charge in [-0.15, -0.1) is 0 Å². The van der Waals surface area contributed by atoms with E-state index in [0.717, 1.165) is 0 Å². The van der Waals surface area contributed by atoms with Gasteiger partial charge in [0.05, 0.1) is 13.2 Å². The molecule has 1 aromatic rings. The van der Waals surface area contributed by atoms with Gasteiger partial charge in [-0.1, -0.05) is 11.6 Å². The standard InChI is InChI=1S/C11H13ClN2O2/c12-8-1-3-9(4-2-8)14-10(15)11(5-13)6-16-7-11/h1-4H,5-7,13H2,(H,14,15). The molecule has 0 unspecified atom stereocenters. The van der Waals surface area contributed by atoms with Crippen molar-refractivity contribution in [3.63, 3.8) is 0 Å². The maximum atomic E-state index is 11.9. The third kappa shape index (κ3) is 2.04. The van der Waals surface area contributed by atoms with Crippen LogP contribution >= 0.6 is 11.6 Å². The zero-order valence-corrected chi connectivity index (χ0v) is 9.46. The molecule has 86 valence electrons. The molecule has 1 fully saturated rings. The first kappa shape index (κ1) is 11.4. The first-order valence-corrected chi connectivity index (χ1v) is 5.39. The van der Waals surface area contributed by atoms with Crippen LogP contribution in [0.4, 0.5) is 5.69 Å². The Balaban J connectivity index is 2.04. The van der Waals surface area contributed by atoms with Crippen molar-refractivity contribution in [3.05, 3.63) is 29.3 Å². The molecule has 1 heterocycles. The summed E-state index contributed by atoms with van der Waals surface area (Å²) in [5.74, 6) is -0.0939. The molecule has 0 spiro atoms. The molecule has 1 aliphatic heterocycles. The monoisotopic (exact) mass is 240 g/mol. The van der Waals surface area contributed by atoms with Crippen LogP contribution in [0.1, 0.15) is 0 Å². The predicted octanol–water partition coefficient (Wildman–Crippen LogP) is 1.25. The minimum absolute atomic E-state index is 0.0939. The second-order valence-electron chi connectivity index (χ2n) is 3.94. The number of ether oxygens (including phenoxy) is 1. The number of benzene rings is 1. The Morgan fingerprint density at radius 3 is 2.50 bits per heavy atom. The van der Waals surface area contributed by atoms with Crippen molar-refractivity contribution in [1.82, 2.24) is 0 Å². The Bertz CT molecular complexity index is 382. The number of carbonyl (C=O) groups excluding carboxylic acids is 1. The number of nitrogens with one attached hydrogen (secondary N) is 1. The van der Waals surface area contributed by atoms with E-state index in [1.807, 2.05) is 0 Å². The van der Waals surface area contributed by atoms with Gasteiger partial charge in [0, 0.05) is 17.3 Å². The van der Waals surface area contributed by atoms with Gasteiger partial charge < -0.3 is 15.8 Å². The number of anilines is 1. The van der Waals surface area contributed by atoms with Crippen LogP contribution in [0.15, 0.2) is 24.3 Å². The molecular formula is C11H13ClN2O2. The number of carbonyl (C=O) groups is 1. The molecule has 4 nitrogen and oxygen atoms in total. The summed E-state index contributed by atoms with van der Waals surface area (Å²) in [4.78, 5) is 11.9. The fourth-order valence-corrected chi connectivity index (χ4v) is 1.61. The van der Waals surface area contributed by atoms with Crippen molar-refractivity contribution in [1.29, 1.82) is 0 Å². The summed E-state index contributed by atoms with van der Waals surface area (Å²) >= 11 is 5.75. The van der Waals surface area contributed by atoms with Crippen LogP contribution in [0.5, 0.6) is 0 Å². The van der Waals surface area contributed by atoms with E-state index in [2.05, 4.69) is 5.32 Å². The molecule has 1 aliphatic rings. The van der Waals surface area contributed by atoms with Crippen molar-refractivity contribution in [2.45, 2.75) is 0 Å². The van der Waals surface area contributed by atoms with Crippen molar-refractivity contribution in [2.24, 2.45) is 11.1 Å². The lowest BCUT2D eigenvalue weighted by atomic mass is 9.85. The first-order chi connectivity index (χ1) is 7.66. The van der Waals surface area contributed by atoms with E-state index in [-0.39, 0.29) is 5.91 Å². The maximum Gasteiger partial charge on any atom is 0.236 e. The zero-order valence-electron chi connectivity index (χ0n) is 8.70. The Hall–Kier alpha value is -1.10. The van der Waals surface area contributed by atoms with Gasteiger partial charge in [-0.2, -0.15) is 0 Å². The van der Waals surface area contributed by atoms with Gasteiger partial charge in [-0.25, -0.2) is 0 Å². The maximum absolute atomic E-state index is 11.9. The molecule has 1 aromatic carbocycles. The lowest BCUT2D eigenvalue weighted by molar-refractivity contribution is -0.153. The van der Waals surface area contributed by atoms with Crippen LogP contribution in [0.3, 0.4) is 0 Å². The number of rotatable bonds is 3. The largest absolute Gasteiger partial charge is 0.379 e.